The number of nitrogens with zero attached hydrogens (tertiary/aromatic N) is 1. The molecule has 1 aliphatic heterocycles. The lowest BCUT2D eigenvalue weighted by Crippen LogP contribution is -2.46. The molecule has 2 atom stereocenters. The zero-order chi connectivity index (χ0) is 13.7. The lowest BCUT2D eigenvalue weighted by molar-refractivity contribution is 0.143. The molecule has 19 heavy (non-hydrogen) atoms. The van der Waals surface area contributed by atoms with Crippen LogP contribution in [0.5, 0.6) is 0 Å². The molecule has 106 valence electrons. The highest BCUT2D eigenvalue weighted by Gasteiger charge is 2.24. The first kappa shape index (κ1) is 14.5. The Balaban J connectivity index is 1.90. The van der Waals surface area contributed by atoms with Crippen LogP contribution in [-0.2, 0) is 6.54 Å². The number of unbranched alkanes of at least 4 members (excludes halogenated alkanes) is 1. The molecule has 0 radical (unpaired) electrons. The van der Waals surface area contributed by atoms with Gasteiger partial charge in [-0.15, -0.1) is 0 Å². The van der Waals surface area contributed by atoms with E-state index >= 15 is 0 Å². The van der Waals surface area contributed by atoms with Crippen LogP contribution in [0, 0.1) is 11.7 Å². The van der Waals surface area contributed by atoms with Gasteiger partial charge in [0.25, 0.3) is 0 Å². The Kier molecular flexibility index (Phi) is 5.34. The van der Waals surface area contributed by atoms with Crippen LogP contribution in [0.15, 0.2) is 24.3 Å². The summed E-state index contributed by atoms with van der Waals surface area (Å²) in [5, 5.41) is 0. The van der Waals surface area contributed by atoms with E-state index in [0.29, 0.717) is 0 Å². The van der Waals surface area contributed by atoms with Gasteiger partial charge in [-0.3, -0.25) is 4.90 Å². The number of nitrogens with two attached hydrogens (primary N) is 1. The molecular weight excluding hydrogens is 239 g/mol. The molecule has 2 nitrogen and oxygen atoms in total. The van der Waals surface area contributed by atoms with Crippen molar-refractivity contribution in [1.29, 1.82) is 0 Å². The topological polar surface area (TPSA) is 29.3 Å². The number of hydrogen-bond acceptors (Lipinski definition) is 2. The highest BCUT2D eigenvalue weighted by atomic mass is 19.1. The third kappa shape index (κ3) is 4.59. The molecule has 3 heteroatoms. The Morgan fingerprint density at radius 3 is 2.68 bits per heavy atom. The zero-order valence-electron chi connectivity index (χ0n) is 11.8. The van der Waals surface area contributed by atoms with Crippen LogP contribution in [0.4, 0.5) is 4.39 Å². The van der Waals surface area contributed by atoms with Crippen molar-refractivity contribution in [2.45, 2.75) is 45.2 Å². The van der Waals surface area contributed by atoms with E-state index in [2.05, 4.69) is 11.8 Å². The van der Waals surface area contributed by atoms with Crippen LogP contribution in [0.2, 0.25) is 0 Å². The van der Waals surface area contributed by atoms with E-state index in [-0.39, 0.29) is 11.9 Å². The van der Waals surface area contributed by atoms with Gasteiger partial charge in [0.2, 0.25) is 0 Å². The molecule has 2 unspecified atom stereocenters. The monoisotopic (exact) mass is 264 g/mol. The summed E-state index contributed by atoms with van der Waals surface area (Å²) in [6.45, 7) is 5.21. The van der Waals surface area contributed by atoms with Gasteiger partial charge in [0, 0.05) is 25.7 Å². The molecule has 1 aliphatic rings. The summed E-state index contributed by atoms with van der Waals surface area (Å²) in [5.74, 6) is 0.559. The van der Waals surface area contributed by atoms with Gasteiger partial charge < -0.3 is 5.73 Å². The van der Waals surface area contributed by atoms with Crippen molar-refractivity contribution in [2.24, 2.45) is 11.7 Å². The summed E-state index contributed by atoms with van der Waals surface area (Å²) in [5.41, 5.74) is 7.33. The number of benzene rings is 1. The predicted molar refractivity (Wildman–Crippen MR) is 77.3 cm³/mol. The number of likely N-dealkylation sites (tertiary alicyclic amines) is 1. The number of piperidine rings is 1. The van der Waals surface area contributed by atoms with Crippen LogP contribution in [0.3, 0.4) is 0 Å². The molecule has 1 saturated heterocycles. The summed E-state index contributed by atoms with van der Waals surface area (Å²) >= 11 is 0. The molecule has 1 aromatic rings. The van der Waals surface area contributed by atoms with Crippen molar-refractivity contribution in [3.63, 3.8) is 0 Å². The van der Waals surface area contributed by atoms with Crippen LogP contribution in [0.1, 0.15) is 38.2 Å². The van der Waals surface area contributed by atoms with E-state index in [1.807, 2.05) is 12.1 Å². The zero-order valence-corrected chi connectivity index (χ0v) is 11.8. The van der Waals surface area contributed by atoms with Crippen LogP contribution < -0.4 is 5.73 Å². The Morgan fingerprint density at radius 2 is 2.00 bits per heavy atom. The molecular formula is C16H25FN2. The van der Waals surface area contributed by atoms with Crippen molar-refractivity contribution in [2.75, 3.05) is 13.1 Å². The van der Waals surface area contributed by atoms with E-state index in [1.165, 1.54) is 37.0 Å². The fourth-order valence-electron chi connectivity index (χ4n) is 3.03. The SMILES string of the molecule is CCCCC1CC(N)CN(Cc2ccc(F)cc2)C1. The fourth-order valence-corrected chi connectivity index (χ4v) is 3.03. The minimum atomic E-state index is -0.167. The highest BCUT2D eigenvalue weighted by molar-refractivity contribution is 5.16. The second-order valence-electron chi connectivity index (χ2n) is 5.82. The van der Waals surface area contributed by atoms with E-state index in [1.54, 1.807) is 0 Å². The normalized spacial score (nSPS) is 24.6. The maximum atomic E-state index is 12.9. The Labute approximate surface area is 115 Å². The Hall–Kier alpha value is -0.930. The van der Waals surface area contributed by atoms with Gasteiger partial charge in [-0.05, 0) is 36.5 Å². The standard InChI is InChI=1S/C16H25FN2/c1-2-3-4-14-9-16(18)12-19(11-14)10-13-5-7-15(17)8-6-13/h5-8,14,16H,2-4,9-12,18H2,1H3. The first-order valence-corrected chi connectivity index (χ1v) is 7.39. The Bertz CT molecular complexity index is 377. The van der Waals surface area contributed by atoms with Gasteiger partial charge in [-0.2, -0.15) is 0 Å². The molecule has 0 spiro atoms. The quantitative estimate of drug-likeness (QED) is 0.885. The van der Waals surface area contributed by atoms with Gasteiger partial charge in [0.05, 0.1) is 0 Å². The average Bonchev–Trinajstić information content (AvgIpc) is 2.38. The van der Waals surface area contributed by atoms with Crippen molar-refractivity contribution < 1.29 is 4.39 Å². The minimum Gasteiger partial charge on any atom is -0.327 e. The third-order valence-corrected chi connectivity index (χ3v) is 3.93. The summed E-state index contributed by atoms with van der Waals surface area (Å²) in [7, 11) is 0. The molecule has 0 aromatic heterocycles. The smallest absolute Gasteiger partial charge is 0.123 e. The summed E-state index contributed by atoms with van der Waals surface area (Å²) in [4.78, 5) is 2.42. The Morgan fingerprint density at radius 1 is 1.26 bits per heavy atom. The number of hydrogen-bond donors (Lipinski definition) is 1. The highest BCUT2D eigenvalue weighted by Crippen LogP contribution is 2.22. The third-order valence-electron chi connectivity index (χ3n) is 3.93. The van der Waals surface area contributed by atoms with Crippen LogP contribution >= 0.6 is 0 Å². The van der Waals surface area contributed by atoms with Crippen molar-refractivity contribution in [3.05, 3.63) is 35.6 Å². The lowest BCUT2D eigenvalue weighted by atomic mass is 9.90. The summed E-state index contributed by atoms with van der Waals surface area (Å²) in [6, 6.07) is 7.10. The maximum absolute atomic E-state index is 12.9. The largest absolute Gasteiger partial charge is 0.327 e. The number of halogens is 1. The van der Waals surface area contributed by atoms with Crippen molar-refractivity contribution in [3.8, 4) is 0 Å². The molecule has 0 aliphatic carbocycles. The second kappa shape index (κ2) is 7.01. The van der Waals surface area contributed by atoms with Gasteiger partial charge in [-0.25, -0.2) is 4.39 Å². The van der Waals surface area contributed by atoms with Crippen molar-refractivity contribution in [1.82, 2.24) is 4.90 Å². The molecule has 0 bridgehead atoms. The molecule has 2 rings (SSSR count). The summed E-state index contributed by atoms with van der Waals surface area (Å²) in [6.07, 6.45) is 4.98. The molecule has 0 saturated carbocycles. The van der Waals surface area contributed by atoms with Gasteiger partial charge in [-0.1, -0.05) is 31.9 Å². The van der Waals surface area contributed by atoms with E-state index in [4.69, 9.17) is 5.73 Å². The molecule has 0 amide bonds. The van der Waals surface area contributed by atoms with Crippen LogP contribution in [0.25, 0.3) is 0 Å². The fraction of sp³-hybridized carbons (Fsp3) is 0.625. The first-order valence-electron chi connectivity index (χ1n) is 7.39. The minimum absolute atomic E-state index is 0.167. The van der Waals surface area contributed by atoms with E-state index in [9.17, 15) is 4.39 Å². The average molecular weight is 264 g/mol. The molecule has 1 heterocycles. The van der Waals surface area contributed by atoms with E-state index in [0.717, 1.165) is 32.0 Å². The molecule has 1 aromatic carbocycles. The van der Waals surface area contributed by atoms with E-state index < -0.39 is 0 Å². The lowest BCUT2D eigenvalue weighted by Gasteiger charge is -2.36. The van der Waals surface area contributed by atoms with Crippen molar-refractivity contribution >= 4 is 0 Å². The second-order valence-corrected chi connectivity index (χ2v) is 5.82. The summed E-state index contributed by atoms with van der Waals surface area (Å²) < 4.78 is 12.9. The molecule has 2 N–H and O–H groups in total. The molecule has 1 fully saturated rings. The van der Waals surface area contributed by atoms with Crippen LogP contribution in [-0.4, -0.2) is 24.0 Å². The van der Waals surface area contributed by atoms with Gasteiger partial charge in [0.1, 0.15) is 5.82 Å². The number of rotatable bonds is 5. The van der Waals surface area contributed by atoms with Gasteiger partial charge in [0.15, 0.2) is 0 Å². The maximum Gasteiger partial charge on any atom is 0.123 e. The van der Waals surface area contributed by atoms with Gasteiger partial charge >= 0.3 is 0 Å². The first-order chi connectivity index (χ1) is 9.17. The predicted octanol–water partition coefficient (Wildman–Crippen LogP) is 3.17.